The predicted octanol–water partition coefficient (Wildman–Crippen LogP) is 5.86. The predicted molar refractivity (Wildman–Crippen MR) is 116 cm³/mol. The minimum Gasteiger partial charge on any atom is -0.211 e. The summed E-state index contributed by atoms with van der Waals surface area (Å²) in [6.45, 7) is 2.37. The van der Waals surface area contributed by atoms with Gasteiger partial charge in [0, 0.05) is 22.5 Å². The van der Waals surface area contributed by atoms with Crippen molar-refractivity contribution in [3.63, 3.8) is 0 Å². The fourth-order valence-electron chi connectivity index (χ4n) is 3.18. The molecule has 0 spiro atoms. The van der Waals surface area contributed by atoms with Gasteiger partial charge in [0.25, 0.3) is 0 Å². The van der Waals surface area contributed by atoms with Crippen molar-refractivity contribution in [1.29, 1.82) is 0 Å². The van der Waals surface area contributed by atoms with E-state index in [2.05, 4.69) is 11.6 Å². The van der Waals surface area contributed by atoms with Crippen molar-refractivity contribution in [3.8, 4) is 0 Å². The summed E-state index contributed by atoms with van der Waals surface area (Å²) in [5.41, 5.74) is 2.17. The van der Waals surface area contributed by atoms with Gasteiger partial charge in [0.15, 0.2) is 0 Å². The third-order valence-electron chi connectivity index (χ3n) is 4.84. The topological polar surface area (TPSA) is 46.2 Å². The number of halogens is 2. The van der Waals surface area contributed by atoms with E-state index in [1.165, 1.54) is 12.1 Å². The molecule has 0 aromatic heterocycles. The van der Waals surface area contributed by atoms with Gasteiger partial charge in [0.2, 0.25) is 10.0 Å². The molecule has 3 nitrogen and oxygen atoms in total. The standard InChI is InChI=1S/C22H21Cl2NO2S/c1-16(17-7-9-19(23)10-8-17)22(18-5-3-2-4-6-18)15-25-28(26,27)21-13-11-20(24)12-14-21/h2-14,16,22,25H,15H2,1H3. The Morgan fingerprint density at radius 1 is 0.786 bits per heavy atom. The molecule has 28 heavy (non-hydrogen) atoms. The summed E-state index contributed by atoms with van der Waals surface area (Å²) in [6, 6.07) is 23.7. The van der Waals surface area contributed by atoms with Gasteiger partial charge in [-0.1, -0.05) is 72.6 Å². The Morgan fingerprint density at radius 3 is 1.89 bits per heavy atom. The fourth-order valence-corrected chi connectivity index (χ4v) is 4.49. The summed E-state index contributed by atoms with van der Waals surface area (Å²) in [5, 5.41) is 1.17. The quantitative estimate of drug-likeness (QED) is 0.506. The molecule has 0 saturated heterocycles. The van der Waals surface area contributed by atoms with Crippen LogP contribution in [0.3, 0.4) is 0 Å². The van der Waals surface area contributed by atoms with Gasteiger partial charge in [-0.2, -0.15) is 0 Å². The van der Waals surface area contributed by atoms with E-state index >= 15 is 0 Å². The molecule has 0 saturated carbocycles. The fraction of sp³-hybridized carbons (Fsp3) is 0.182. The molecule has 1 N–H and O–H groups in total. The van der Waals surface area contributed by atoms with E-state index in [0.29, 0.717) is 10.0 Å². The van der Waals surface area contributed by atoms with Gasteiger partial charge in [-0.15, -0.1) is 0 Å². The second-order valence-electron chi connectivity index (χ2n) is 6.66. The molecule has 6 heteroatoms. The molecule has 0 bridgehead atoms. The van der Waals surface area contributed by atoms with Gasteiger partial charge >= 0.3 is 0 Å². The zero-order chi connectivity index (χ0) is 20.1. The SMILES string of the molecule is CC(c1ccc(Cl)cc1)C(CNS(=O)(=O)c1ccc(Cl)cc1)c1ccccc1. The molecule has 0 radical (unpaired) electrons. The van der Waals surface area contributed by atoms with E-state index < -0.39 is 10.0 Å². The summed E-state index contributed by atoms with van der Waals surface area (Å²) >= 11 is 11.9. The maximum Gasteiger partial charge on any atom is 0.240 e. The molecular weight excluding hydrogens is 413 g/mol. The first-order chi connectivity index (χ1) is 13.4. The lowest BCUT2D eigenvalue weighted by Crippen LogP contribution is -2.30. The van der Waals surface area contributed by atoms with Crippen molar-refractivity contribution in [2.45, 2.75) is 23.7 Å². The van der Waals surface area contributed by atoms with Gasteiger partial charge in [0.05, 0.1) is 4.90 Å². The minimum atomic E-state index is -3.63. The van der Waals surface area contributed by atoms with Crippen LogP contribution in [0.1, 0.15) is 29.9 Å². The zero-order valence-electron chi connectivity index (χ0n) is 15.3. The molecule has 2 unspecified atom stereocenters. The monoisotopic (exact) mass is 433 g/mol. The Bertz CT molecular complexity index is 1000. The van der Waals surface area contributed by atoms with Crippen LogP contribution in [0.15, 0.2) is 83.8 Å². The lowest BCUT2D eigenvalue weighted by Gasteiger charge is -2.25. The Morgan fingerprint density at radius 2 is 1.32 bits per heavy atom. The van der Waals surface area contributed by atoms with Crippen LogP contribution in [0, 0.1) is 0 Å². The number of hydrogen-bond donors (Lipinski definition) is 1. The number of nitrogens with one attached hydrogen (secondary N) is 1. The van der Waals surface area contributed by atoms with Crippen molar-refractivity contribution >= 4 is 33.2 Å². The normalized spacial score (nSPS) is 13.8. The molecule has 3 aromatic rings. The molecule has 0 fully saturated rings. The maximum atomic E-state index is 12.7. The van der Waals surface area contributed by atoms with Crippen molar-refractivity contribution in [2.24, 2.45) is 0 Å². The Hall–Kier alpha value is -1.85. The number of benzene rings is 3. The van der Waals surface area contributed by atoms with E-state index in [0.717, 1.165) is 11.1 Å². The third kappa shape index (κ3) is 5.15. The van der Waals surface area contributed by atoms with E-state index in [1.807, 2.05) is 54.6 Å². The molecule has 0 heterocycles. The van der Waals surface area contributed by atoms with E-state index in [9.17, 15) is 8.42 Å². The van der Waals surface area contributed by atoms with Crippen molar-refractivity contribution in [1.82, 2.24) is 4.72 Å². The first-order valence-electron chi connectivity index (χ1n) is 8.92. The highest BCUT2D eigenvalue weighted by molar-refractivity contribution is 7.89. The van der Waals surface area contributed by atoms with Gasteiger partial charge < -0.3 is 0 Å². The first-order valence-corrected chi connectivity index (χ1v) is 11.2. The molecule has 3 rings (SSSR count). The third-order valence-corrected chi connectivity index (χ3v) is 6.79. The molecule has 2 atom stereocenters. The van der Waals surface area contributed by atoms with Crippen LogP contribution >= 0.6 is 23.2 Å². The molecule has 146 valence electrons. The van der Waals surface area contributed by atoms with Crippen LogP contribution in [0.2, 0.25) is 10.0 Å². The molecule has 0 aliphatic carbocycles. The Labute approximate surface area is 176 Å². The van der Waals surface area contributed by atoms with Gasteiger partial charge in [-0.25, -0.2) is 13.1 Å². The molecule has 3 aromatic carbocycles. The number of rotatable bonds is 7. The van der Waals surface area contributed by atoms with Crippen molar-refractivity contribution in [2.75, 3.05) is 6.54 Å². The highest BCUT2D eigenvalue weighted by atomic mass is 35.5. The summed E-state index contributed by atoms with van der Waals surface area (Å²) in [5.74, 6) is 0.0528. The lowest BCUT2D eigenvalue weighted by molar-refractivity contribution is 0.539. The van der Waals surface area contributed by atoms with Crippen LogP contribution in [-0.4, -0.2) is 15.0 Å². The molecule has 0 aliphatic rings. The number of sulfonamides is 1. The average Bonchev–Trinajstić information content (AvgIpc) is 2.69. The highest BCUT2D eigenvalue weighted by Gasteiger charge is 2.24. The smallest absolute Gasteiger partial charge is 0.211 e. The van der Waals surface area contributed by atoms with E-state index in [-0.39, 0.29) is 23.3 Å². The molecular formula is C22H21Cl2NO2S. The van der Waals surface area contributed by atoms with Crippen LogP contribution in [0.5, 0.6) is 0 Å². The van der Waals surface area contributed by atoms with Gasteiger partial charge in [-0.05, 0) is 53.4 Å². The molecule has 0 aliphatic heterocycles. The van der Waals surface area contributed by atoms with Crippen molar-refractivity contribution < 1.29 is 8.42 Å². The highest BCUT2D eigenvalue weighted by Crippen LogP contribution is 2.33. The second kappa shape index (κ2) is 9.10. The lowest BCUT2D eigenvalue weighted by atomic mass is 9.83. The summed E-state index contributed by atoms with van der Waals surface area (Å²) in [7, 11) is -3.63. The van der Waals surface area contributed by atoms with Crippen LogP contribution in [0.25, 0.3) is 0 Å². The Kier molecular flexibility index (Phi) is 6.78. The van der Waals surface area contributed by atoms with Crippen LogP contribution in [-0.2, 0) is 10.0 Å². The summed E-state index contributed by atoms with van der Waals surface area (Å²) in [4.78, 5) is 0.197. The van der Waals surface area contributed by atoms with Gasteiger partial charge in [-0.3, -0.25) is 0 Å². The number of hydrogen-bond acceptors (Lipinski definition) is 2. The van der Waals surface area contributed by atoms with E-state index in [4.69, 9.17) is 23.2 Å². The van der Waals surface area contributed by atoms with Crippen molar-refractivity contribution in [3.05, 3.63) is 100 Å². The second-order valence-corrected chi connectivity index (χ2v) is 9.30. The van der Waals surface area contributed by atoms with Crippen LogP contribution < -0.4 is 4.72 Å². The minimum absolute atomic E-state index is 0.0375. The van der Waals surface area contributed by atoms with Crippen LogP contribution in [0.4, 0.5) is 0 Å². The maximum absolute atomic E-state index is 12.7. The molecule has 0 amide bonds. The Balaban J connectivity index is 1.85. The summed E-state index contributed by atoms with van der Waals surface area (Å²) < 4.78 is 28.2. The zero-order valence-corrected chi connectivity index (χ0v) is 17.7. The largest absolute Gasteiger partial charge is 0.240 e. The first kappa shape index (κ1) is 20.9. The van der Waals surface area contributed by atoms with E-state index in [1.54, 1.807) is 12.1 Å². The van der Waals surface area contributed by atoms with Gasteiger partial charge in [0.1, 0.15) is 0 Å². The summed E-state index contributed by atoms with van der Waals surface area (Å²) in [6.07, 6.45) is 0. The average molecular weight is 434 g/mol.